The van der Waals surface area contributed by atoms with E-state index in [1.165, 1.54) is 13.8 Å². The monoisotopic (exact) mass is 171 g/mol. The molecule has 0 N–H and O–H groups in total. The zero-order chi connectivity index (χ0) is 9.14. The van der Waals surface area contributed by atoms with E-state index in [9.17, 15) is 9.59 Å². The van der Waals surface area contributed by atoms with Crippen LogP contribution in [0.2, 0.25) is 0 Å². The number of amides is 1. The molecular weight excluding hydrogens is 158 g/mol. The lowest BCUT2D eigenvalue weighted by molar-refractivity contribution is -0.146. The molecule has 4 nitrogen and oxygen atoms in total. The lowest BCUT2D eigenvalue weighted by atomic mass is 10.3. The summed E-state index contributed by atoms with van der Waals surface area (Å²) < 4.78 is 4.96. The van der Waals surface area contributed by atoms with Crippen molar-refractivity contribution in [1.29, 1.82) is 0 Å². The van der Waals surface area contributed by atoms with Gasteiger partial charge in [-0.1, -0.05) is 0 Å². The van der Waals surface area contributed by atoms with E-state index in [-0.39, 0.29) is 18.0 Å². The lowest BCUT2D eigenvalue weighted by Crippen LogP contribution is -2.28. The van der Waals surface area contributed by atoms with Crippen molar-refractivity contribution in [3.05, 3.63) is 0 Å². The van der Waals surface area contributed by atoms with Crippen molar-refractivity contribution in [2.24, 2.45) is 0 Å². The van der Waals surface area contributed by atoms with Gasteiger partial charge in [0.05, 0.1) is 6.54 Å². The van der Waals surface area contributed by atoms with Gasteiger partial charge in [-0.15, -0.1) is 0 Å². The molecule has 1 atom stereocenters. The molecule has 68 valence electrons. The van der Waals surface area contributed by atoms with Gasteiger partial charge in [0.2, 0.25) is 5.91 Å². The Morgan fingerprint density at radius 2 is 2.08 bits per heavy atom. The molecule has 0 aromatic rings. The summed E-state index contributed by atoms with van der Waals surface area (Å²) in [5.74, 6) is -0.227. The van der Waals surface area contributed by atoms with Crippen LogP contribution in [-0.4, -0.2) is 36.0 Å². The van der Waals surface area contributed by atoms with Gasteiger partial charge in [0.1, 0.15) is 6.10 Å². The average Bonchev–Trinajstić information content (AvgIpc) is 2.34. The Morgan fingerprint density at radius 1 is 1.42 bits per heavy atom. The van der Waals surface area contributed by atoms with Crippen LogP contribution in [0.1, 0.15) is 20.3 Å². The van der Waals surface area contributed by atoms with E-state index in [2.05, 4.69) is 0 Å². The van der Waals surface area contributed by atoms with Crippen LogP contribution < -0.4 is 0 Å². The molecule has 0 aromatic carbocycles. The summed E-state index contributed by atoms with van der Waals surface area (Å²) in [7, 11) is 0. The van der Waals surface area contributed by atoms with Crippen molar-refractivity contribution in [2.75, 3.05) is 13.1 Å². The Bertz CT molecular complexity index is 202. The van der Waals surface area contributed by atoms with Crippen molar-refractivity contribution in [3.63, 3.8) is 0 Å². The fraction of sp³-hybridized carbons (Fsp3) is 0.750. The van der Waals surface area contributed by atoms with E-state index in [0.29, 0.717) is 13.1 Å². The van der Waals surface area contributed by atoms with Crippen LogP contribution in [0.4, 0.5) is 0 Å². The normalized spacial score (nSPS) is 22.5. The number of carbonyl (C=O) groups excluding carboxylic acids is 2. The molecule has 0 aliphatic carbocycles. The summed E-state index contributed by atoms with van der Waals surface area (Å²) in [6, 6.07) is 0. The molecule has 1 heterocycles. The van der Waals surface area contributed by atoms with Crippen molar-refractivity contribution >= 4 is 11.9 Å². The first kappa shape index (κ1) is 9.03. The fourth-order valence-corrected chi connectivity index (χ4v) is 1.35. The zero-order valence-corrected chi connectivity index (χ0v) is 7.37. The van der Waals surface area contributed by atoms with Crippen LogP contribution in [-0.2, 0) is 14.3 Å². The van der Waals surface area contributed by atoms with Gasteiger partial charge >= 0.3 is 5.97 Å². The molecule has 0 unspecified atom stereocenters. The molecular formula is C8H13NO3. The molecule has 0 radical (unpaired) electrons. The molecule has 1 amide bonds. The van der Waals surface area contributed by atoms with E-state index in [1.807, 2.05) is 0 Å². The van der Waals surface area contributed by atoms with Crippen LogP contribution in [0.3, 0.4) is 0 Å². The summed E-state index contributed by atoms with van der Waals surface area (Å²) in [6.45, 7) is 4.16. The molecule has 1 aliphatic heterocycles. The van der Waals surface area contributed by atoms with Gasteiger partial charge in [-0.2, -0.15) is 0 Å². The summed E-state index contributed by atoms with van der Waals surface area (Å²) in [5, 5.41) is 0. The maximum absolute atomic E-state index is 10.9. The number of hydrogen-bond acceptors (Lipinski definition) is 3. The second kappa shape index (κ2) is 3.56. The van der Waals surface area contributed by atoms with Gasteiger partial charge in [0.15, 0.2) is 0 Å². The Labute approximate surface area is 71.5 Å². The van der Waals surface area contributed by atoms with Gasteiger partial charge in [0, 0.05) is 26.8 Å². The van der Waals surface area contributed by atoms with Crippen molar-refractivity contribution in [2.45, 2.75) is 26.4 Å². The van der Waals surface area contributed by atoms with Crippen molar-refractivity contribution < 1.29 is 14.3 Å². The third-order valence-corrected chi connectivity index (χ3v) is 1.92. The van der Waals surface area contributed by atoms with Gasteiger partial charge in [-0.3, -0.25) is 9.59 Å². The second-order valence-electron chi connectivity index (χ2n) is 2.99. The summed E-state index contributed by atoms with van der Waals surface area (Å²) in [4.78, 5) is 23.1. The molecule has 12 heavy (non-hydrogen) atoms. The first-order valence-electron chi connectivity index (χ1n) is 4.02. The largest absolute Gasteiger partial charge is 0.461 e. The van der Waals surface area contributed by atoms with Crippen molar-refractivity contribution in [1.82, 2.24) is 4.90 Å². The summed E-state index contributed by atoms with van der Waals surface area (Å²) in [5.41, 5.74) is 0. The highest BCUT2D eigenvalue weighted by Gasteiger charge is 2.25. The second-order valence-corrected chi connectivity index (χ2v) is 2.99. The smallest absolute Gasteiger partial charge is 0.302 e. The SMILES string of the molecule is CC(=O)O[C@H]1CCN(C(C)=O)C1. The van der Waals surface area contributed by atoms with Crippen LogP contribution in [0.15, 0.2) is 0 Å². The average molecular weight is 171 g/mol. The molecule has 1 aliphatic rings. The predicted octanol–water partition coefficient (Wildman–Crippen LogP) is 0.170. The van der Waals surface area contributed by atoms with Gasteiger partial charge < -0.3 is 9.64 Å². The first-order chi connectivity index (χ1) is 5.59. The predicted molar refractivity (Wildman–Crippen MR) is 42.4 cm³/mol. The third-order valence-electron chi connectivity index (χ3n) is 1.92. The molecule has 0 saturated carbocycles. The van der Waals surface area contributed by atoms with Crippen LogP contribution in [0.25, 0.3) is 0 Å². The summed E-state index contributed by atoms with van der Waals surface area (Å²) in [6.07, 6.45) is 0.672. The Hall–Kier alpha value is -1.06. The fourth-order valence-electron chi connectivity index (χ4n) is 1.35. The molecule has 1 saturated heterocycles. The molecule has 0 bridgehead atoms. The van der Waals surface area contributed by atoms with E-state index in [4.69, 9.17) is 4.74 Å². The van der Waals surface area contributed by atoms with Crippen LogP contribution in [0, 0.1) is 0 Å². The maximum atomic E-state index is 10.9. The molecule has 4 heteroatoms. The molecule has 0 spiro atoms. The molecule has 1 fully saturated rings. The van der Waals surface area contributed by atoms with E-state index < -0.39 is 0 Å². The molecule has 1 rings (SSSR count). The highest BCUT2D eigenvalue weighted by Crippen LogP contribution is 2.12. The number of hydrogen-bond donors (Lipinski definition) is 0. The van der Waals surface area contributed by atoms with Crippen LogP contribution >= 0.6 is 0 Å². The highest BCUT2D eigenvalue weighted by molar-refractivity contribution is 5.73. The Balaban J connectivity index is 2.35. The quantitative estimate of drug-likeness (QED) is 0.528. The van der Waals surface area contributed by atoms with Gasteiger partial charge in [-0.05, 0) is 0 Å². The zero-order valence-electron chi connectivity index (χ0n) is 7.37. The topological polar surface area (TPSA) is 46.6 Å². The highest BCUT2D eigenvalue weighted by atomic mass is 16.5. The standard InChI is InChI=1S/C8H13NO3/c1-6(10)9-4-3-8(5-9)12-7(2)11/h8H,3-5H2,1-2H3/t8-/m0/s1. The van der Waals surface area contributed by atoms with E-state index in [1.54, 1.807) is 4.90 Å². The van der Waals surface area contributed by atoms with Gasteiger partial charge in [-0.25, -0.2) is 0 Å². The van der Waals surface area contributed by atoms with Gasteiger partial charge in [0.25, 0.3) is 0 Å². The minimum atomic E-state index is -0.273. The number of carbonyl (C=O) groups is 2. The number of esters is 1. The number of ether oxygens (including phenoxy) is 1. The number of likely N-dealkylation sites (tertiary alicyclic amines) is 1. The number of nitrogens with zero attached hydrogens (tertiary/aromatic N) is 1. The maximum Gasteiger partial charge on any atom is 0.302 e. The Morgan fingerprint density at radius 3 is 2.50 bits per heavy atom. The number of rotatable bonds is 1. The minimum absolute atomic E-state index is 0.0460. The first-order valence-corrected chi connectivity index (χ1v) is 4.02. The minimum Gasteiger partial charge on any atom is -0.461 e. The summed E-state index contributed by atoms with van der Waals surface area (Å²) >= 11 is 0. The van der Waals surface area contributed by atoms with E-state index in [0.717, 1.165) is 6.42 Å². The van der Waals surface area contributed by atoms with Crippen molar-refractivity contribution in [3.8, 4) is 0 Å². The Kier molecular flexibility index (Phi) is 2.68. The van der Waals surface area contributed by atoms with E-state index >= 15 is 0 Å². The molecule has 0 aromatic heterocycles. The third kappa shape index (κ3) is 2.22. The lowest BCUT2D eigenvalue weighted by Gasteiger charge is -2.13. The van der Waals surface area contributed by atoms with Crippen LogP contribution in [0.5, 0.6) is 0 Å².